The van der Waals surface area contributed by atoms with Crippen LogP contribution in [0.5, 0.6) is 0 Å². The van der Waals surface area contributed by atoms with E-state index in [4.69, 9.17) is 4.52 Å². The van der Waals surface area contributed by atoms with Crippen molar-refractivity contribution in [3.8, 4) is 0 Å². The molecule has 0 bridgehead atoms. The van der Waals surface area contributed by atoms with Crippen molar-refractivity contribution in [1.82, 2.24) is 15.5 Å². The molecule has 1 aromatic heterocycles. The van der Waals surface area contributed by atoms with Crippen molar-refractivity contribution in [2.24, 2.45) is 5.92 Å². The molecule has 0 aromatic carbocycles. The second-order valence-electron chi connectivity index (χ2n) is 5.21. The molecule has 1 aromatic rings. The van der Waals surface area contributed by atoms with Crippen LogP contribution in [0, 0.1) is 5.92 Å². The first-order valence-corrected chi connectivity index (χ1v) is 6.39. The van der Waals surface area contributed by atoms with Gasteiger partial charge in [-0.2, -0.15) is 4.98 Å². The van der Waals surface area contributed by atoms with Crippen LogP contribution in [0.3, 0.4) is 0 Å². The van der Waals surface area contributed by atoms with Crippen LogP contribution in [0.15, 0.2) is 4.52 Å². The van der Waals surface area contributed by atoms with Crippen molar-refractivity contribution >= 4 is 0 Å². The van der Waals surface area contributed by atoms with Gasteiger partial charge >= 0.3 is 0 Å². The van der Waals surface area contributed by atoms with Crippen LogP contribution >= 0.6 is 0 Å². The van der Waals surface area contributed by atoms with Crippen molar-refractivity contribution in [3.05, 3.63) is 11.7 Å². The van der Waals surface area contributed by atoms with E-state index < -0.39 is 0 Å². The fraction of sp³-hybridized carbons (Fsp3) is 0.833. The SMILES string of the molecule is CC1CNCC1c1nc(C2CCCC2)no1. The Morgan fingerprint density at radius 1 is 1.25 bits per heavy atom. The van der Waals surface area contributed by atoms with Gasteiger partial charge in [0.15, 0.2) is 5.82 Å². The Balaban J connectivity index is 1.76. The van der Waals surface area contributed by atoms with Crippen LogP contribution < -0.4 is 5.32 Å². The van der Waals surface area contributed by atoms with E-state index in [-0.39, 0.29) is 0 Å². The molecule has 4 nitrogen and oxygen atoms in total. The molecule has 2 fully saturated rings. The molecule has 16 heavy (non-hydrogen) atoms. The molecule has 0 amide bonds. The van der Waals surface area contributed by atoms with Crippen molar-refractivity contribution in [2.45, 2.75) is 44.4 Å². The van der Waals surface area contributed by atoms with Gasteiger partial charge in [-0.1, -0.05) is 24.9 Å². The van der Waals surface area contributed by atoms with E-state index in [2.05, 4.69) is 22.4 Å². The number of nitrogens with one attached hydrogen (secondary N) is 1. The van der Waals surface area contributed by atoms with Crippen LogP contribution in [0.25, 0.3) is 0 Å². The zero-order chi connectivity index (χ0) is 11.0. The third-order valence-corrected chi connectivity index (χ3v) is 4.01. The highest BCUT2D eigenvalue weighted by molar-refractivity contribution is 5.04. The molecular formula is C12H19N3O. The Labute approximate surface area is 95.8 Å². The molecule has 0 spiro atoms. The number of hydrogen-bond acceptors (Lipinski definition) is 4. The van der Waals surface area contributed by atoms with Gasteiger partial charge in [-0.05, 0) is 25.3 Å². The lowest BCUT2D eigenvalue weighted by atomic mass is 9.98. The standard InChI is InChI=1S/C12H19N3O/c1-8-6-13-7-10(8)12-14-11(15-16-12)9-4-2-3-5-9/h8-10,13H,2-7H2,1H3. The van der Waals surface area contributed by atoms with E-state index in [0.717, 1.165) is 24.8 Å². The highest BCUT2D eigenvalue weighted by Crippen LogP contribution is 2.34. The quantitative estimate of drug-likeness (QED) is 0.830. The summed E-state index contributed by atoms with van der Waals surface area (Å²) >= 11 is 0. The van der Waals surface area contributed by atoms with Gasteiger partial charge in [-0.25, -0.2) is 0 Å². The van der Waals surface area contributed by atoms with Gasteiger partial charge in [0.1, 0.15) is 0 Å². The lowest BCUT2D eigenvalue weighted by molar-refractivity contribution is 0.334. The lowest BCUT2D eigenvalue weighted by Crippen LogP contribution is -2.08. The predicted molar refractivity (Wildman–Crippen MR) is 60.3 cm³/mol. The second kappa shape index (κ2) is 4.17. The highest BCUT2D eigenvalue weighted by atomic mass is 16.5. The molecular weight excluding hydrogens is 202 g/mol. The molecule has 1 saturated heterocycles. The third kappa shape index (κ3) is 1.75. The van der Waals surface area contributed by atoms with Crippen molar-refractivity contribution in [3.63, 3.8) is 0 Å². The van der Waals surface area contributed by atoms with Crippen molar-refractivity contribution < 1.29 is 4.52 Å². The molecule has 2 unspecified atom stereocenters. The summed E-state index contributed by atoms with van der Waals surface area (Å²) in [5.74, 6) is 3.38. The number of nitrogens with zero attached hydrogens (tertiary/aromatic N) is 2. The summed E-state index contributed by atoms with van der Waals surface area (Å²) in [6.45, 7) is 4.28. The van der Waals surface area contributed by atoms with Gasteiger partial charge in [0.2, 0.25) is 5.89 Å². The normalized spacial score (nSPS) is 31.3. The number of hydrogen-bond donors (Lipinski definition) is 1. The predicted octanol–water partition coefficient (Wildman–Crippen LogP) is 2.05. The molecule has 1 saturated carbocycles. The van der Waals surface area contributed by atoms with Crippen LogP contribution in [0.2, 0.25) is 0 Å². The summed E-state index contributed by atoms with van der Waals surface area (Å²) in [6, 6.07) is 0. The molecule has 1 aliphatic carbocycles. The van der Waals surface area contributed by atoms with E-state index in [0.29, 0.717) is 17.8 Å². The van der Waals surface area contributed by atoms with Crippen LogP contribution in [-0.2, 0) is 0 Å². The average molecular weight is 221 g/mol. The second-order valence-corrected chi connectivity index (χ2v) is 5.21. The average Bonchev–Trinajstić information content (AvgIpc) is 2.96. The maximum atomic E-state index is 5.43. The fourth-order valence-electron chi connectivity index (χ4n) is 2.89. The summed E-state index contributed by atoms with van der Waals surface area (Å²) in [7, 11) is 0. The summed E-state index contributed by atoms with van der Waals surface area (Å²) < 4.78 is 5.43. The lowest BCUT2D eigenvalue weighted by Gasteiger charge is -2.07. The minimum Gasteiger partial charge on any atom is -0.339 e. The van der Waals surface area contributed by atoms with Crippen LogP contribution in [0.4, 0.5) is 0 Å². The fourth-order valence-corrected chi connectivity index (χ4v) is 2.89. The molecule has 1 aliphatic heterocycles. The summed E-state index contributed by atoms with van der Waals surface area (Å²) in [6.07, 6.45) is 5.10. The molecule has 3 rings (SSSR count). The summed E-state index contributed by atoms with van der Waals surface area (Å²) in [4.78, 5) is 4.61. The van der Waals surface area contributed by atoms with Crippen LogP contribution in [0.1, 0.15) is 56.2 Å². The monoisotopic (exact) mass is 221 g/mol. The zero-order valence-electron chi connectivity index (χ0n) is 9.78. The molecule has 88 valence electrons. The first-order valence-electron chi connectivity index (χ1n) is 6.39. The Morgan fingerprint density at radius 2 is 2.06 bits per heavy atom. The van der Waals surface area contributed by atoms with E-state index in [9.17, 15) is 0 Å². The molecule has 1 N–H and O–H groups in total. The van der Waals surface area contributed by atoms with Gasteiger partial charge in [-0.15, -0.1) is 0 Å². The molecule has 2 aliphatic rings. The maximum absolute atomic E-state index is 5.43. The summed E-state index contributed by atoms with van der Waals surface area (Å²) in [5, 5.41) is 7.53. The molecule has 0 radical (unpaired) electrons. The van der Waals surface area contributed by atoms with E-state index in [1.165, 1.54) is 25.7 Å². The van der Waals surface area contributed by atoms with E-state index in [1.807, 2.05) is 0 Å². The Bertz CT molecular complexity index is 357. The highest BCUT2D eigenvalue weighted by Gasteiger charge is 2.31. The summed E-state index contributed by atoms with van der Waals surface area (Å²) in [5.41, 5.74) is 0. The minimum atomic E-state index is 0.419. The van der Waals surface area contributed by atoms with E-state index >= 15 is 0 Å². The molecule has 4 heteroatoms. The third-order valence-electron chi connectivity index (χ3n) is 4.01. The Hall–Kier alpha value is -0.900. The topological polar surface area (TPSA) is 51.0 Å². The zero-order valence-corrected chi connectivity index (χ0v) is 9.78. The van der Waals surface area contributed by atoms with Gasteiger partial charge < -0.3 is 9.84 Å². The molecule has 2 heterocycles. The van der Waals surface area contributed by atoms with E-state index in [1.54, 1.807) is 0 Å². The Morgan fingerprint density at radius 3 is 2.75 bits per heavy atom. The maximum Gasteiger partial charge on any atom is 0.231 e. The minimum absolute atomic E-state index is 0.419. The van der Waals surface area contributed by atoms with Crippen molar-refractivity contribution in [1.29, 1.82) is 0 Å². The number of rotatable bonds is 2. The Kier molecular flexibility index (Phi) is 2.67. The first kappa shape index (κ1) is 10.3. The largest absolute Gasteiger partial charge is 0.339 e. The van der Waals surface area contributed by atoms with Gasteiger partial charge in [0.05, 0.1) is 5.92 Å². The molecule has 2 atom stereocenters. The van der Waals surface area contributed by atoms with Crippen molar-refractivity contribution in [2.75, 3.05) is 13.1 Å². The first-order chi connectivity index (χ1) is 7.84. The van der Waals surface area contributed by atoms with Crippen LogP contribution in [-0.4, -0.2) is 23.2 Å². The van der Waals surface area contributed by atoms with Gasteiger partial charge in [0.25, 0.3) is 0 Å². The van der Waals surface area contributed by atoms with Gasteiger partial charge in [-0.3, -0.25) is 0 Å². The van der Waals surface area contributed by atoms with Gasteiger partial charge in [0, 0.05) is 12.5 Å². The smallest absolute Gasteiger partial charge is 0.231 e. The number of aromatic nitrogens is 2.